The molecule has 7 nitrogen and oxygen atoms in total. The van der Waals surface area contributed by atoms with Crippen LogP contribution >= 0.6 is 0 Å². The normalized spacial score (nSPS) is 13.9. The quantitative estimate of drug-likeness (QED) is 0.699. The second kappa shape index (κ2) is 7.50. The molecule has 1 aliphatic rings. The molecule has 1 amide bonds. The highest BCUT2D eigenvalue weighted by atomic mass is 16.5. The topological polar surface area (TPSA) is 65.2 Å². The van der Waals surface area contributed by atoms with Crippen molar-refractivity contribution in [3.05, 3.63) is 53.6 Å². The van der Waals surface area contributed by atoms with Crippen LogP contribution in [0.3, 0.4) is 0 Å². The monoisotopic (exact) mass is 379 g/mol. The Bertz CT molecular complexity index is 967. The largest absolute Gasteiger partial charge is 0.494 e. The van der Waals surface area contributed by atoms with Gasteiger partial charge in [0.15, 0.2) is 0 Å². The minimum atomic E-state index is 0.0482. The number of carbonyl (C=O) groups excluding carboxylic acids is 1. The van der Waals surface area contributed by atoms with E-state index in [2.05, 4.69) is 21.6 Å². The van der Waals surface area contributed by atoms with Crippen molar-refractivity contribution in [2.45, 2.75) is 26.8 Å². The molecule has 0 N–H and O–H groups in total. The number of rotatable bonds is 4. The van der Waals surface area contributed by atoms with Gasteiger partial charge in [-0.3, -0.25) is 9.48 Å². The number of carbonyl (C=O) groups is 1. The first-order valence-corrected chi connectivity index (χ1v) is 9.64. The molecule has 0 radical (unpaired) electrons. The Hall–Kier alpha value is -3.09. The van der Waals surface area contributed by atoms with E-state index in [-0.39, 0.29) is 5.91 Å². The van der Waals surface area contributed by atoms with Gasteiger partial charge in [0, 0.05) is 38.7 Å². The molecular formula is C21H25N5O2. The van der Waals surface area contributed by atoms with E-state index in [1.165, 1.54) is 0 Å². The van der Waals surface area contributed by atoms with Crippen LogP contribution in [0.15, 0.2) is 36.7 Å². The highest BCUT2D eigenvalue weighted by Crippen LogP contribution is 2.25. The fraction of sp³-hybridized carbons (Fsp3) is 0.381. The van der Waals surface area contributed by atoms with E-state index in [1.54, 1.807) is 0 Å². The maximum absolute atomic E-state index is 13.0. The molecule has 28 heavy (non-hydrogen) atoms. The van der Waals surface area contributed by atoms with Gasteiger partial charge >= 0.3 is 0 Å². The summed E-state index contributed by atoms with van der Waals surface area (Å²) in [6, 6.07) is 7.37. The zero-order valence-electron chi connectivity index (χ0n) is 16.6. The van der Waals surface area contributed by atoms with Crippen molar-refractivity contribution >= 4 is 5.91 Å². The smallest absolute Gasteiger partial charge is 0.253 e. The first-order chi connectivity index (χ1) is 13.6. The molecule has 0 bridgehead atoms. The summed E-state index contributed by atoms with van der Waals surface area (Å²) in [4.78, 5) is 19.5. The summed E-state index contributed by atoms with van der Waals surface area (Å²) in [6.45, 7) is 6.65. The Labute approximate surface area is 164 Å². The number of imidazole rings is 1. The maximum atomic E-state index is 13.0. The number of aryl methyl sites for hydroxylation is 2. The molecular weight excluding hydrogens is 354 g/mol. The highest BCUT2D eigenvalue weighted by Gasteiger charge is 2.23. The average Bonchev–Trinajstić information content (AvgIpc) is 3.16. The number of amides is 1. The summed E-state index contributed by atoms with van der Waals surface area (Å²) < 4.78 is 9.56. The van der Waals surface area contributed by atoms with Gasteiger partial charge in [0.05, 0.1) is 30.4 Å². The average molecular weight is 379 g/mol. The molecule has 3 aromatic rings. The summed E-state index contributed by atoms with van der Waals surface area (Å²) >= 11 is 0. The van der Waals surface area contributed by atoms with E-state index in [0.717, 1.165) is 41.5 Å². The summed E-state index contributed by atoms with van der Waals surface area (Å²) in [6.07, 6.45) is 4.52. The minimum Gasteiger partial charge on any atom is -0.494 e. The van der Waals surface area contributed by atoms with Crippen LogP contribution in [-0.2, 0) is 20.0 Å². The van der Waals surface area contributed by atoms with Crippen LogP contribution in [0.1, 0.15) is 28.7 Å². The van der Waals surface area contributed by atoms with Gasteiger partial charge in [0.25, 0.3) is 5.91 Å². The maximum Gasteiger partial charge on any atom is 0.253 e. The lowest BCUT2D eigenvalue weighted by molar-refractivity contribution is 0.0759. The first-order valence-electron chi connectivity index (χ1n) is 9.64. The number of ether oxygens (including phenoxy) is 1. The number of aromatic nitrogens is 4. The highest BCUT2D eigenvalue weighted by molar-refractivity contribution is 5.94. The van der Waals surface area contributed by atoms with Crippen LogP contribution in [0.2, 0.25) is 0 Å². The minimum absolute atomic E-state index is 0.0482. The lowest BCUT2D eigenvalue weighted by Crippen LogP contribution is -2.33. The van der Waals surface area contributed by atoms with Crippen molar-refractivity contribution in [2.24, 2.45) is 7.05 Å². The molecule has 0 aliphatic carbocycles. The van der Waals surface area contributed by atoms with Crippen LogP contribution in [0.5, 0.6) is 5.75 Å². The summed E-state index contributed by atoms with van der Waals surface area (Å²) in [5.41, 5.74) is 3.94. The van der Waals surface area contributed by atoms with E-state index >= 15 is 0 Å². The third kappa shape index (κ3) is 3.28. The predicted molar refractivity (Wildman–Crippen MR) is 106 cm³/mol. The lowest BCUT2D eigenvalue weighted by Gasteiger charge is -2.20. The molecule has 3 heterocycles. The Morgan fingerprint density at radius 1 is 1.14 bits per heavy atom. The molecule has 1 aliphatic heterocycles. The number of hydrogen-bond donors (Lipinski definition) is 0. The second-order valence-corrected chi connectivity index (χ2v) is 7.01. The van der Waals surface area contributed by atoms with E-state index in [1.807, 2.05) is 60.2 Å². The second-order valence-electron chi connectivity index (χ2n) is 7.01. The summed E-state index contributed by atoms with van der Waals surface area (Å²) in [7, 11) is 1.95. The Balaban J connectivity index is 1.53. The van der Waals surface area contributed by atoms with Crippen LogP contribution in [0.4, 0.5) is 0 Å². The van der Waals surface area contributed by atoms with Gasteiger partial charge in [-0.1, -0.05) is 0 Å². The van der Waals surface area contributed by atoms with Gasteiger partial charge in [0.1, 0.15) is 11.6 Å². The number of fused-ring (bicyclic) bond motifs is 1. The summed E-state index contributed by atoms with van der Waals surface area (Å²) in [5, 5.41) is 4.35. The molecule has 0 fully saturated rings. The van der Waals surface area contributed by atoms with Gasteiger partial charge in [-0.2, -0.15) is 5.10 Å². The standard InChI is InChI=1S/C21H25N5O2/c1-4-28-17-7-5-16(6-8-17)21(27)25-10-9-19-22-14-18(26(19)12-11-25)20-15(2)13-23-24(20)3/h5-8,13-14H,4,9-12H2,1-3H3. The van der Waals surface area contributed by atoms with Crippen molar-refractivity contribution < 1.29 is 9.53 Å². The Morgan fingerprint density at radius 3 is 2.61 bits per heavy atom. The number of benzene rings is 1. The van der Waals surface area contributed by atoms with Gasteiger partial charge in [-0.25, -0.2) is 4.98 Å². The molecule has 0 saturated heterocycles. The third-order valence-corrected chi connectivity index (χ3v) is 5.20. The SMILES string of the molecule is CCOc1ccc(C(=O)N2CCc3ncc(-c4c(C)cnn4C)n3CC2)cc1. The fourth-order valence-corrected chi connectivity index (χ4v) is 3.78. The Kier molecular flexibility index (Phi) is 4.90. The van der Waals surface area contributed by atoms with E-state index in [9.17, 15) is 4.79 Å². The Morgan fingerprint density at radius 2 is 1.93 bits per heavy atom. The van der Waals surface area contributed by atoms with Crippen molar-refractivity contribution in [3.63, 3.8) is 0 Å². The molecule has 0 saturated carbocycles. The van der Waals surface area contributed by atoms with Crippen LogP contribution in [0, 0.1) is 6.92 Å². The van der Waals surface area contributed by atoms with E-state index in [0.29, 0.717) is 25.3 Å². The fourth-order valence-electron chi connectivity index (χ4n) is 3.78. The predicted octanol–water partition coefficient (Wildman–Crippen LogP) is 2.69. The van der Waals surface area contributed by atoms with E-state index < -0.39 is 0 Å². The van der Waals surface area contributed by atoms with Crippen molar-refractivity contribution in [1.82, 2.24) is 24.2 Å². The van der Waals surface area contributed by atoms with Crippen LogP contribution in [-0.4, -0.2) is 49.8 Å². The third-order valence-electron chi connectivity index (χ3n) is 5.20. The zero-order chi connectivity index (χ0) is 19.7. The summed E-state index contributed by atoms with van der Waals surface area (Å²) in [5.74, 6) is 1.84. The lowest BCUT2D eigenvalue weighted by atomic mass is 10.2. The van der Waals surface area contributed by atoms with Crippen molar-refractivity contribution in [3.8, 4) is 17.1 Å². The molecule has 0 spiro atoms. The van der Waals surface area contributed by atoms with Crippen molar-refractivity contribution in [2.75, 3.05) is 19.7 Å². The van der Waals surface area contributed by atoms with Gasteiger partial charge in [0.2, 0.25) is 0 Å². The van der Waals surface area contributed by atoms with Crippen molar-refractivity contribution in [1.29, 1.82) is 0 Å². The molecule has 1 aromatic carbocycles. The molecule has 0 unspecified atom stereocenters. The van der Waals surface area contributed by atoms with Gasteiger partial charge in [-0.15, -0.1) is 0 Å². The van der Waals surface area contributed by atoms with Gasteiger partial charge < -0.3 is 14.2 Å². The number of hydrogen-bond acceptors (Lipinski definition) is 4. The number of nitrogens with zero attached hydrogens (tertiary/aromatic N) is 5. The van der Waals surface area contributed by atoms with E-state index in [4.69, 9.17) is 4.74 Å². The molecule has 4 rings (SSSR count). The molecule has 2 aromatic heterocycles. The van der Waals surface area contributed by atoms with Crippen LogP contribution in [0.25, 0.3) is 11.4 Å². The molecule has 0 atom stereocenters. The first kappa shape index (κ1) is 18.3. The van der Waals surface area contributed by atoms with Crippen LogP contribution < -0.4 is 4.74 Å². The zero-order valence-corrected chi connectivity index (χ0v) is 16.6. The van der Waals surface area contributed by atoms with Gasteiger partial charge in [-0.05, 0) is 43.7 Å². The molecule has 7 heteroatoms. The molecule has 146 valence electrons.